The Hall–Kier alpha value is -4.59. The van der Waals surface area contributed by atoms with E-state index in [9.17, 15) is 14.0 Å². The van der Waals surface area contributed by atoms with Crippen molar-refractivity contribution in [3.05, 3.63) is 83.1 Å². The molecule has 2 aliphatic heterocycles. The highest BCUT2D eigenvalue weighted by Gasteiger charge is 2.42. The van der Waals surface area contributed by atoms with Gasteiger partial charge in [0.2, 0.25) is 11.8 Å². The summed E-state index contributed by atoms with van der Waals surface area (Å²) >= 11 is 0. The molecule has 2 saturated heterocycles. The number of halogens is 2. The number of hydrogen-bond donors (Lipinski definition) is 0. The van der Waals surface area contributed by atoms with Gasteiger partial charge in [-0.25, -0.2) is 8.78 Å². The second-order valence-corrected chi connectivity index (χ2v) is 10.6. The molecule has 11 heteroatoms. The Bertz CT molecular complexity index is 1490. The fourth-order valence-electron chi connectivity index (χ4n) is 6.07. The monoisotopic (exact) mass is 574 g/mol. The zero-order chi connectivity index (χ0) is 29.8. The van der Waals surface area contributed by atoms with Gasteiger partial charge >= 0.3 is 0 Å². The number of amides is 2. The van der Waals surface area contributed by atoms with Crippen LogP contribution in [0.4, 0.5) is 14.6 Å². The van der Waals surface area contributed by atoms with Crippen LogP contribution in [0.15, 0.2) is 54.6 Å². The van der Waals surface area contributed by atoms with Crippen molar-refractivity contribution < 1.29 is 23.1 Å². The van der Waals surface area contributed by atoms with Crippen LogP contribution in [0.25, 0.3) is 0 Å². The summed E-state index contributed by atoms with van der Waals surface area (Å²) in [5, 5.41) is 17.1. The first-order valence-corrected chi connectivity index (χ1v) is 13.9. The number of nitrogens with zero attached hydrogens (tertiary/aromatic N) is 6. The van der Waals surface area contributed by atoms with Gasteiger partial charge in [-0.05, 0) is 54.3 Å². The second kappa shape index (κ2) is 12.5. The second-order valence-electron chi connectivity index (χ2n) is 10.6. The number of rotatable bonds is 5. The summed E-state index contributed by atoms with van der Waals surface area (Å²) in [6, 6.07) is 16.1. The molecule has 0 N–H and O–H groups in total. The minimum atomic E-state index is -0.706. The van der Waals surface area contributed by atoms with Crippen LogP contribution >= 0.6 is 0 Å². The van der Waals surface area contributed by atoms with Crippen LogP contribution in [0.1, 0.15) is 48.5 Å². The quantitative estimate of drug-likeness (QED) is 0.453. The average molecular weight is 575 g/mol. The van der Waals surface area contributed by atoms with Gasteiger partial charge in [0.05, 0.1) is 19.1 Å². The van der Waals surface area contributed by atoms with Crippen LogP contribution in [-0.2, 0) is 9.59 Å². The number of carbonyl (C=O) groups excluding carboxylic acids is 2. The summed E-state index contributed by atoms with van der Waals surface area (Å²) < 4.78 is 34.2. The first kappa shape index (κ1) is 28.9. The molecule has 3 heterocycles. The molecule has 0 radical (unpaired) electrons. The van der Waals surface area contributed by atoms with E-state index < -0.39 is 23.5 Å². The van der Waals surface area contributed by atoms with Crippen molar-refractivity contribution in [1.82, 2.24) is 20.0 Å². The molecule has 3 aromatic rings. The fraction of sp³-hybridized carbons (Fsp3) is 0.387. The molecular formula is C31H32F2N6O3. The standard InChI is InChI=1S/C31H32F2N6O3/c1-20(40)39-14-13-37(12-4-7-29(39)21-5-3-6-24(15-21)42-2)31(41)27-19-38(30-11-9-23(17-34)35-36-30)18-26(27)25-10-8-22(32)16-28(25)33/h3,5-6,8-11,15-16,26-27,29H,4,7,12-14,18-19H2,1-2H3/t26-,27+,29?/m0/s1. The number of benzene rings is 2. The van der Waals surface area contributed by atoms with E-state index in [1.165, 1.54) is 19.1 Å². The number of anilines is 1. The first-order valence-electron chi connectivity index (χ1n) is 13.9. The molecule has 5 rings (SSSR count). The van der Waals surface area contributed by atoms with E-state index in [1.807, 2.05) is 35.2 Å². The maximum Gasteiger partial charge on any atom is 0.228 e. The van der Waals surface area contributed by atoms with Crippen LogP contribution in [-0.4, -0.2) is 71.6 Å². The Balaban J connectivity index is 1.39. The van der Waals surface area contributed by atoms with Crippen LogP contribution in [0.5, 0.6) is 5.75 Å². The summed E-state index contributed by atoms with van der Waals surface area (Å²) in [7, 11) is 1.60. The molecule has 1 aromatic heterocycles. The van der Waals surface area contributed by atoms with Crippen molar-refractivity contribution in [1.29, 1.82) is 5.26 Å². The fourth-order valence-corrected chi connectivity index (χ4v) is 6.07. The van der Waals surface area contributed by atoms with E-state index in [-0.39, 0.29) is 42.2 Å². The zero-order valence-corrected chi connectivity index (χ0v) is 23.5. The number of aromatic nitrogens is 2. The Morgan fingerprint density at radius 3 is 2.55 bits per heavy atom. The molecule has 0 aliphatic carbocycles. The predicted octanol–water partition coefficient (Wildman–Crippen LogP) is 4.07. The van der Waals surface area contributed by atoms with E-state index in [1.54, 1.807) is 29.0 Å². The van der Waals surface area contributed by atoms with Crippen molar-refractivity contribution in [3.63, 3.8) is 0 Å². The largest absolute Gasteiger partial charge is 0.497 e. The highest BCUT2D eigenvalue weighted by atomic mass is 19.1. The SMILES string of the molecule is COc1cccc(C2CCCN(C(=O)[C@@H]3CN(c4ccc(C#N)nn4)C[C@H]3c3ccc(F)cc3F)CCN2C(C)=O)c1. The lowest BCUT2D eigenvalue weighted by atomic mass is 9.87. The minimum absolute atomic E-state index is 0.0881. The molecule has 0 spiro atoms. The van der Waals surface area contributed by atoms with Gasteiger partial charge in [-0.1, -0.05) is 18.2 Å². The Labute approximate surface area is 243 Å². The van der Waals surface area contributed by atoms with Gasteiger partial charge in [0.1, 0.15) is 23.5 Å². The third kappa shape index (κ3) is 6.03. The lowest BCUT2D eigenvalue weighted by Gasteiger charge is -2.38. The maximum absolute atomic E-state index is 15.0. The summed E-state index contributed by atoms with van der Waals surface area (Å²) in [5.41, 5.74) is 1.40. The highest BCUT2D eigenvalue weighted by molar-refractivity contribution is 5.82. The smallest absolute Gasteiger partial charge is 0.228 e. The van der Waals surface area contributed by atoms with Gasteiger partial charge in [-0.3, -0.25) is 9.59 Å². The lowest BCUT2D eigenvalue weighted by molar-refractivity contribution is -0.139. The van der Waals surface area contributed by atoms with Crippen molar-refractivity contribution in [2.75, 3.05) is 44.7 Å². The van der Waals surface area contributed by atoms with E-state index in [2.05, 4.69) is 10.2 Å². The molecule has 2 amide bonds. The number of carbonyl (C=O) groups is 2. The van der Waals surface area contributed by atoms with Crippen LogP contribution < -0.4 is 9.64 Å². The van der Waals surface area contributed by atoms with Crippen LogP contribution in [0.2, 0.25) is 0 Å². The van der Waals surface area contributed by atoms with E-state index in [0.29, 0.717) is 44.0 Å². The Kier molecular flexibility index (Phi) is 8.61. The molecule has 42 heavy (non-hydrogen) atoms. The minimum Gasteiger partial charge on any atom is -0.497 e. The molecule has 3 atom stereocenters. The maximum atomic E-state index is 15.0. The molecule has 0 saturated carbocycles. The summed E-state index contributed by atoms with van der Waals surface area (Å²) in [4.78, 5) is 32.3. The van der Waals surface area contributed by atoms with Crippen molar-refractivity contribution in [2.24, 2.45) is 5.92 Å². The average Bonchev–Trinajstić information content (AvgIpc) is 3.42. The summed E-state index contributed by atoms with van der Waals surface area (Å²) in [5.74, 6) is -1.66. The number of ether oxygens (including phenoxy) is 1. The molecular weight excluding hydrogens is 542 g/mol. The van der Waals surface area contributed by atoms with E-state index in [4.69, 9.17) is 10.00 Å². The van der Waals surface area contributed by atoms with Gasteiger partial charge in [-0.2, -0.15) is 5.26 Å². The molecule has 9 nitrogen and oxygen atoms in total. The summed E-state index contributed by atoms with van der Waals surface area (Å²) in [6.45, 7) is 3.20. The molecule has 2 aliphatic rings. The van der Waals surface area contributed by atoms with Crippen molar-refractivity contribution in [2.45, 2.75) is 31.7 Å². The van der Waals surface area contributed by atoms with Crippen molar-refractivity contribution in [3.8, 4) is 11.8 Å². The normalized spacial score (nSPS) is 20.9. The van der Waals surface area contributed by atoms with Crippen molar-refractivity contribution >= 4 is 17.6 Å². The number of methoxy groups -OCH3 is 1. The third-order valence-corrected chi connectivity index (χ3v) is 8.18. The number of hydrogen-bond acceptors (Lipinski definition) is 7. The van der Waals surface area contributed by atoms with Crippen LogP contribution in [0.3, 0.4) is 0 Å². The molecule has 2 aromatic carbocycles. The molecule has 0 bridgehead atoms. The Morgan fingerprint density at radius 1 is 1.02 bits per heavy atom. The molecule has 218 valence electrons. The van der Waals surface area contributed by atoms with Crippen LogP contribution in [0, 0.1) is 28.9 Å². The zero-order valence-electron chi connectivity index (χ0n) is 23.5. The third-order valence-electron chi connectivity index (χ3n) is 8.18. The highest BCUT2D eigenvalue weighted by Crippen LogP contribution is 2.38. The first-order chi connectivity index (χ1) is 20.3. The van der Waals surface area contributed by atoms with Gasteiger partial charge in [0.25, 0.3) is 0 Å². The predicted molar refractivity (Wildman–Crippen MR) is 150 cm³/mol. The summed E-state index contributed by atoms with van der Waals surface area (Å²) in [6.07, 6.45) is 1.31. The van der Waals surface area contributed by atoms with Gasteiger partial charge in [0, 0.05) is 51.6 Å². The number of nitriles is 1. The van der Waals surface area contributed by atoms with E-state index in [0.717, 1.165) is 11.6 Å². The van der Waals surface area contributed by atoms with E-state index >= 15 is 4.39 Å². The van der Waals surface area contributed by atoms with Gasteiger partial charge < -0.3 is 19.4 Å². The Morgan fingerprint density at radius 2 is 1.86 bits per heavy atom. The topological polar surface area (TPSA) is 103 Å². The van der Waals surface area contributed by atoms with Gasteiger partial charge in [-0.15, -0.1) is 10.2 Å². The molecule has 2 fully saturated rings. The molecule has 1 unspecified atom stereocenters. The van der Waals surface area contributed by atoms with Gasteiger partial charge in [0.15, 0.2) is 11.5 Å². The lowest BCUT2D eigenvalue weighted by Crippen LogP contribution is -2.47.